The van der Waals surface area contributed by atoms with E-state index in [4.69, 9.17) is 9.47 Å². The third kappa shape index (κ3) is 7.94. The molecule has 46 heavy (non-hydrogen) atoms. The van der Waals surface area contributed by atoms with Crippen LogP contribution in [-0.4, -0.2) is 68.7 Å². The molecule has 0 radical (unpaired) electrons. The fourth-order valence-corrected chi connectivity index (χ4v) is 7.57. The minimum Gasteiger partial charge on any atom is -0.507 e. The normalized spacial score (nSPS) is 30.7. The molecule has 1 aromatic rings. The smallest absolute Gasteiger partial charge is 0.390 e. The minimum atomic E-state index is -0.989. The molecule has 0 aliphatic carbocycles. The largest absolute Gasteiger partial charge is 0.507 e. The van der Waals surface area contributed by atoms with Crippen molar-refractivity contribution in [1.29, 1.82) is 0 Å². The van der Waals surface area contributed by atoms with Crippen molar-refractivity contribution < 1.29 is 49.0 Å². The number of carbonyl (C=O) groups is 3. The van der Waals surface area contributed by atoms with E-state index in [2.05, 4.69) is 23.6 Å². The van der Waals surface area contributed by atoms with Crippen molar-refractivity contribution in [3.8, 4) is 5.75 Å². The number of hydrogen-bond acceptors (Lipinski definition) is 10. The fraction of sp³-hybridized carbons (Fsp3) is 0.750. The first-order chi connectivity index (χ1) is 21.5. The third-order valence-electron chi connectivity index (χ3n) is 10.9. The zero-order chi connectivity index (χ0) is 34.6. The van der Waals surface area contributed by atoms with Gasteiger partial charge in [0.1, 0.15) is 17.1 Å². The van der Waals surface area contributed by atoms with Gasteiger partial charge >= 0.3 is 11.9 Å². The molecule has 260 valence electrons. The Kier molecular flexibility index (Phi) is 12.8. The molecule has 10 heteroatoms. The lowest BCUT2D eigenvalue weighted by molar-refractivity contribution is -0.231. The first-order valence-electron chi connectivity index (χ1n) is 17.0. The Balaban J connectivity index is 1.70. The van der Waals surface area contributed by atoms with Gasteiger partial charge in [-0.15, -0.1) is 0 Å². The molecule has 1 aromatic carbocycles. The Morgan fingerprint density at radius 1 is 1.09 bits per heavy atom. The van der Waals surface area contributed by atoms with Gasteiger partial charge in [-0.25, -0.2) is 19.4 Å². The van der Waals surface area contributed by atoms with Crippen LogP contribution >= 0.6 is 0 Å². The summed E-state index contributed by atoms with van der Waals surface area (Å²) in [6, 6.07) is 3.37. The van der Waals surface area contributed by atoms with E-state index in [1.807, 2.05) is 27.7 Å². The predicted octanol–water partition coefficient (Wildman–Crippen LogP) is 5.78. The maximum absolute atomic E-state index is 14.0. The Morgan fingerprint density at radius 3 is 2.33 bits per heavy atom. The third-order valence-corrected chi connectivity index (χ3v) is 10.9. The van der Waals surface area contributed by atoms with E-state index >= 15 is 0 Å². The second-order valence-electron chi connectivity index (χ2n) is 13.9. The summed E-state index contributed by atoms with van der Waals surface area (Å²) in [6.45, 7) is 16.4. The number of Topliss-reactive ketones (excluding diaryl/α,β-unsaturated/α-hetero) is 1. The van der Waals surface area contributed by atoms with E-state index in [1.54, 1.807) is 26.0 Å². The first kappa shape index (κ1) is 37.9. The molecule has 3 N–H and O–H groups in total. The summed E-state index contributed by atoms with van der Waals surface area (Å²) in [5.74, 6) is -3.35. The molecule has 10 atom stereocenters. The van der Waals surface area contributed by atoms with Crippen LogP contribution in [0.25, 0.3) is 0 Å². The topological polar surface area (TPSA) is 149 Å². The summed E-state index contributed by atoms with van der Waals surface area (Å²) < 4.78 is 13.3. The quantitative estimate of drug-likeness (QED) is 0.178. The monoisotopic (exact) mass is 648 g/mol. The van der Waals surface area contributed by atoms with Crippen LogP contribution in [0.5, 0.6) is 5.75 Å². The molecular formula is C36H56O10. The first-order valence-corrected chi connectivity index (χ1v) is 17.0. The highest BCUT2D eigenvalue weighted by Gasteiger charge is 2.55. The predicted molar refractivity (Wildman–Crippen MR) is 172 cm³/mol. The van der Waals surface area contributed by atoms with Gasteiger partial charge in [0.15, 0.2) is 0 Å². The second kappa shape index (κ2) is 15.6. The molecule has 0 spiro atoms. The van der Waals surface area contributed by atoms with Crippen LogP contribution in [0.1, 0.15) is 122 Å². The van der Waals surface area contributed by atoms with Crippen molar-refractivity contribution in [2.45, 2.75) is 149 Å². The molecule has 0 aromatic heterocycles. The molecule has 2 aliphatic heterocycles. The number of ketones is 1. The average molecular weight is 649 g/mol. The molecule has 10 nitrogen and oxygen atoms in total. The highest BCUT2D eigenvalue weighted by molar-refractivity contribution is 5.94. The Labute approximate surface area is 274 Å². The number of aliphatic hydroxyl groups is 2. The standard InChI is InChI=1S/C36H56O10/c1-10-27(33-22(6)19-36(12-3,44-33)28-17-18-35(42,11-2)24(8)43-28)32(40)23(7)30(38)20(4)13-15-26-16-14-21(5)31(39)29(26)34(41)46-45-25(9)37/h14,16,20,22-24,27-28,30,33,38-39,42H,10-13,15,17-19H2,1-9H3/t20-,22+,23+,24+,27+,28-,30+,33+,35-,36+/m1/s1. The number of rotatable bonds is 13. The molecular weight excluding hydrogens is 592 g/mol. The minimum absolute atomic E-state index is 0.0393. The molecule has 0 amide bonds. The van der Waals surface area contributed by atoms with Crippen LogP contribution in [0.4, 0.5) is 0 Å². The van der Waals surface area contributed by atoms with Crippen molar-refractivity contribution in [3.63, 3.8) is 0 Å². The van der Waals surface area contributed by atoms with Gasteiger partial charge < -0.3 is 24.8 Å². The highest BCUT2D eigenvalue weighted by atomic mass is 17.2. The molecule has 0 bridgehead atoms. The summed E-state index contributed by atoms with van der Waals surface area (Å²) in [5.41, 5.74) is -0.539. The fourth-order valence-electron chi connectivity index (χ4n) is 7.57. The van der Waals surface area contributed by atoms with Gasteiger partial charge in [0.25, 0.3) is 0 Å². The van der Waals surface area contributed by atoms with Gasteiger partial charge in [-0.3, -0.25) is 4.79 Å². The summed E-state index contributed by atoms with van der Waals surface area (Å²) in [5, 5.41) is 32.9. The van der Waals surface area contributed by atoms with Crippen LogP contribution in [0, 0.1) is 30.6 Å². The van der Waals surface area contributed by atoms with Gasteiger partial charge in [-0.1, -0.05) is 53.7 Å². The van der Waals surface area contributed by atoms with Crippen molar-refractivity contribution in [2.75, 3.05) is 0 Å². The Hall–Kier alpha value is -2.53. The van der Waals surface area contributed by atoms with E-state index in [1.165, 1.54) is 0 Å². The second-order valence-corrected chi connectivity index (χ2v) is 13.9. The van der Waals surface area contributed by atoms with Crippen molar-refractivity contribution in [2.24, 2.45) is 23.7 Å². The molecule has 2 fully saturated rings. The number of aryl methyl sites for hydroxylation is 2. The lowest BCUT2D eigenvalue weighted by Crippen LogP contribution is -2.55. The van der Waals surface area contributed by atoms with Crippen molar-refractivity contribution in [3.05, 3.63) is 28.8 Å². The summed E-state index contributed by atoms with van der Waals surface area (Å²) in [6.07, 6.45) is 3.04. The average Bonchev–Trinajstić information content (AvgIpc) is 3.37. The van der Waals surface area contributed by atoms with E-state index in [-0.39, 0.29) is 47.2 Å². The van der Waals surface area contributed by atoms with E-state index in [0.29, 0.717) is 49.7 Å². The maximum atomic E-state index is 14.0. The summed E-state index contributed by atoms with van der Waals surface area (Å²) in [4.78, 5) is 46.7. The van der Waals surface area contributed by atoms with Gasteiger partial charge in [-0.05, 0) is 88.2 Å². The van der Waals surface area contributed by atoms with Crippen LogP contribution in [0.3, 0.4) is 0 Å². The van der Waals surface area contributed by atoms with Gasteiger partial charge in [-0.2, -0.15) is 0 Å². The maximum Gasteiger partial charge on any atom is 0.390 e. The van der Waals surface area contributed by atoms with E-state index in [9.17, 15) is 29.7 Å². The molecule has 2 heterocycles. The van der Waals surface area contributed by atoms with Gasteiger partial charge in [0.2, 0.25) is 0 Å². The number of aromatic hydroxyl groups is 1. The number of carbonyl (C=O) groups excluding carboxylic acids is 3. The number of phenols is 1. The lowest BCUT2D eigenvalue weighted by Gasteiger charge is -2.47. The number of hydrogen-bond donors (Lipinski definition) is 3. The number of phenolic OH excluding ortho intramolecular Hbond substituents is 1. The van der Waals surface area contributed by atoms with Gasteiger partial charge in [0, 0.05) is 18.8 Å². The van der Waals surface area contributed by atoms with Crippen LogP contribution < -0.4 is 0 Å². The molecule has 2 saturated heterocycles. The van der Waals surface area contributed by atoms with Crippen LogP contribution in [-0.2, 0) is 35.3 Å². The van der Waals surface area contributed by atoms with Crippen molar-refractivity contribution >= 4 is 17.7 Å². The molecule has 0 unspecified atom stereocenters. The van der Waals surface area contributed by atoms with Gasteiger partial charge in [0.05, 0.1) is 35.6 Å². The summed E-state index contributed by atoms with van der Waals surface area (Å²) >= 11 is 0. The lowest BCUT2D eigenvalue weighted by atomic mass is 9.76. The van der Waals surface area contributed by atoms with E-state index < -0.39 is 41.1 Å². The van der Waals surface area contributed by atoms with E-state index in [0.717, 1.165) is 19.8 Å². The zero-order valence-electron chi connectivity index (χ0n) is 29.1. The van der Waals surface area contributed by atoms with Crippen LogP contribution in [0.15, 0.2) is 12.1 Å². The zero-order valence-corrected chi connectivity index (χ0v) is 29.1. The SMILES string of the molecule is CC[C@@H](C(=O)[C@@H](C)[C@@H](O)[C@H](C)CCc1ccc(C)c(O)c1C(=O)OOC(C)=O)[C@H]1O[C@](CC)([C@H]2CC[C@](O)(CC)[C@H](C)O2)C[C@@H]1C. The van der Waals surface area contributed by atoms with Crippen molar-refractivity contribution in [1.82, 2.24) is 0 Å². The number of aliphatic hydroxyl groups excluding tert-OH is 1. The molecule has 0 saturated carbocycles. The highest BCUT2D eigenvalue weighted by Crippen LogP contribution is 2.48. The van der Waals surface area contributed by atoms with Crippen LogP contribution in [0.2, 0.25) is 0 Å². The Morgan fingerprint density at radius 2 is 1.76 bits per heavy atom. The number of benzene rings is 1. The summed E-state index contributed by atoms with van der Waals surface area (Å²) in [7, 11) is 0. The molecule has 2 aliphatic rings. The number of ether oxygens (including phenoxy) is 2. The molecule has 3 rings (SSSR count). The Bertz CT molecular complexity index is 1230.